The summed E-state index contributed by atoms with van der Waals surface area (Å²) in [6.45, 7) is 1.76. The number of aromatic nitrogens is 2. The molecule has 4 rings (SSSR count). The van der Waals surface area contributed by atoms with Crippen molar-refractivity contribution in [3.63, 3.8) is 0 Å². The van der Waals surface area contributed by atoms with E-state index in [2.05, 4.69) is 15.3 Å². The second-order valence-corrected chi connectivity index (χ2v) is 8.95. The van der Waals surface area contributed by atoms with Crippen molar-refractivity contribution < 1.29 is 4.79 Å². The zero-order valence-corrected chi connectivity index (χ0v) is 17.7. The molecule has 2 aromatic heterocycles. The number of benzene rings is 2. The van der Waals surface area contributed by atoms with Crippen LogP contribution in [-0.4, -0.2) is 21.1 Å². The van der Waals surface area contributed by atoms with E-state index in [0.717, 1.165) is 11.1 Å². The van der Waals surface area contributed by atoms with Crippen molar-refractivity contribution in [3.8, 4) is 11.1 Å². The first-order chi connectivity index (χ1) is 14.0. The molecule has 0 unspecified atom stereocenters. The molecule has 0 bridgehead atoms. The Morgan fingerprint density at radius 1 is 1.21 bits per heavy atom. The van der Waals surface area contributed by atoms with Crippen LogP contribution in [0.1, 0.15) is 6.92 Å². The van der Waals surface area contributed by atoms with Gasteiger partial charge in [0.25, 0.3) is 5.56 Å². The predicted octanol–water partition coefficient (Wildman–Crippen LogP) is 5.42. The zero-order chi connectivity index (χ0) is 20.4. The smallest absolute Gasteiger partial charge is 0.260 e. The van der Waals surface area contributed by atoms with E-state index in [9.17, 15) is 9.59 Å². The molecule has 0 saturated carbocycles. The number of amides is 1. The van der Waals surface area contributed by atoms with Gasteiger partial charge in [0, 0.05) is 21.7 Å². The van der Waals surface area contributed by atoms with E-state index >= 15 is 0 Å². The Hall–Kier alpha value is -2.61. The Bertz CT molecular complexity index is 1240. The Kier molecular flexibility index (Phi) is 5.71. The predicted molar refractivity (Wildman–Crippen MR) is 121 cm³/mol. The maximum atomic E-state index is 12.7. The largest absolute Gasteiger partial charge is 0.325 e. The van der Waals surface area contributed by atoms with Gasteiger partial charge in [-0.05, 0) is 30.7 Å². The topological polar surface area (TPSA) is 74.8 Å². The van der Waals surface area contributed by atoms with Gasteiger partial charge in [-0.25, -0.2) is 4.98 Å². The number of hydrogen-bond acceptors (Lipinski definition) is 5. The number of H-pyrrole nitrogens is 1. The lowest BCUT2D eigenvalue weighted by Crippen LogP contribution is -2.23. The van der Waals surface area contributed by atoms with Crippen molar-refractivity contribution >= 4 is 56.5 Å². The van der Waals surface area contributed by atoms with Crippen LogP contribution in [0.4, 0.5) is 5.69 Å². The highest BCUT2D eigenvalue weighted by atomic mass is 35.5. The summed E-state index contributed by atoms with van der Waals surface area (Å²) in [5, 5.41) is 5.83. The van der Waals surface area contributed by atoms with Crippen LogP contribution >= 0.6 is 34.7 Å². The van der Waals surface area contributed by atoms with E-state index < -0.39 is 5.25 Å². The number of hydrogen-bond donors (Lipinski definition) is 2. The van der Waals surface area contributed by atoms with Crippen LogP contribution in [0.25, 0.3) is 21.3 Å². The molecule has 0 aliphatic heterocycles. The van der Waals surface area contributed by atoms with Crippen LogP contribution < -0.4 is 10.9 Å². The molecule has 1 amide bonds. The molecule has 5 nitrogen and oxygen atoms in total. The van der Waals surface area contributed by atoms with Crippen LogP contribution in [0, 0.1) is 0 Å². The van der Waals surface area contributed by atoms with Gasteiger partial charge in [-0.2, -0.15) is 0 Å². The van der Waals surface area contributed by atoms with Crippen LogP contribution in [-0.2, 0) is 4.79 Å². The van der Waals surface area contributed by atoms with E-state index in [-0.39, 0.29) is 11.5 Å². The molecule has 0 saturated heterocycles. The average molecular weight is 442 g/mol. The highest BCUT2D eigenvalue weighted by molar-refractivity contribution is 8.00. The fourth-order valence-electron chi connectivity index (χ4n) is 2.85. The third-order valence-electron chi connectivity index (χ3n) is 4.26. The summed E-state index contributed by atoms with van der Waals surface area (Å²) in [6.07, 6.45) is 0. The first kappa shape index (κ1) is 19.7. The summed E-state index contributed by atoms with van der Waals surface area (Å²) < 4.78 is 0. The Morgan fingerprint density at radius 3 is 2.76 bits per heavy atom. The maximum Gasteiger partial charge on any atom is 0.260 e. The van der Waals surface area contributed by atoms with E-state index in [4.69, 9.17) is 11.6 Å². The first-order valence-corrected chi connectivity index (χ1v) is 10.9. The zero-order valence-electron chi connectivity index (χ0n) is 15.3. The third kappa shape index (κ3) is 4.37. The standard InChI is InChI=1S/C21H16ClN3O2S2/c1-12(18(26)23-15-9-5-8-14(22)10-15)29-21-24-19(27)17-16(11-28-20(17)25-21)13-6-3-2-4-7-13/h2-12H,1H3,(H,23,26)(H,24,25,27)/t12-/m0/s1. The molecule has 4 aromatic rings. The second kappa shape index (κ2) is 8.41. The molecule has 2 N–H and O–H groups in total. The molecule has 0 radical (unpaired) electrons. The van der Waals surface area contributed by atoms with Crippen molar-refractivity contribution in [3.05, 3.63) is 75.4 Å². The molecular formula is C21H16ClN3O2S2. The Morgan fingerprint density at radius 2 is 2.00 bits per heavy atom. The SMILES string of the molecule is C[C@H](Sc1nc2scc(-c3ccccc3)c2c(=O)[nH]1)C(=O)Nc1cccc(Cl)c1. The minimum absolute atomic E-state index is 0.198. The summed E-state index contributed by atoms with van der Waals surface area (Å²) in [6, 6.07) is 16.7. The van der Waals surface area contributed by atoms with Gasteiger partial charge in [0.1, 0.15) is 4.83 Å². The van der Waals surface area contributed by atoms with Gasteiger partial charge in [-0.3, -0.25) is 9.59 Å². The number of fused-ring (bicyclic) bond motifs is 1. The van der Waals surface area contributed by atoms with E-state index in [0.29, 0.717) is 26.1 Å². The van der Waals surface area contributed by atoms with E-state index in [1.807, 2.05) is 35.7 Å². The Balaban J connectivity index is 1.55. The minimum Gasteiger partial charge on any atom is -0.325 e. The van der Waals surface area contributed by atoms with Gasteiger partial charge in [0.05, 0.1) is 10.6 Å². The lowest BCUT2D eigenvalue weighted by molar-refractivity contribution is -0.115. The number of carbonyl (C=O) groups excluding carboxylic acids is 1. The molecule has 29 heavy (non-hydrogen) atoms. The van der Waals surface area contributed by atoms with Crippen LogP contribution in [0.3, 0.4) is 0 Å². The summed E-state index contributed by atoms with van der Waals surface area (Å²) in [4.78, 5) is 33.2. The highest BCUT2D eigenvalue weighted by Gasteiger charge is 2.18. The van der Waals surface area contributed by atoms with Gasteiger partial charge in [0.15, 0.2) is 5.16 Å². The van der Waals surface area contributed by atoms with Crippen molar-refractivity contribution in [1.29, 1.82) is 0 Å². The van der Waals surface area contributed by atoms with Crippen molar-refractivity contribution in [1.82, 2.24) is 9.97 Å². The first-order valence-electron chi connectivity index (χ1n) is 8.81. The van der Waals surface area contributed by atoms with Crippen molar-refractivity contribution in [2.24, 2.45) is 0 Å². The average Bonchev–Trinajstić information content (AvgIpc) is 3.13. The second-order valence-electron chi connectivity index (χ2n) is 6.33. The number of thiophene rings is 1. The molecule has 8 heteroatoms. The number of nitrogens with one attached hydrogen (secondary N) is 2. The fraction of sp³-hybridized carbons (Fsp3) is 0.0952. The molecular weight excluding hydrogens is 426 g/mol. The molecule has 1 atom stereocenters. The molecule has 0 aliphatic carbocycles. The monoisotopic (exact) mass is 441 g/mol. The quantitative estimate of drug-likeness (QED) is 0.320. The van der Waals surface area contributed by atoms with E-state index in [1.54, 1.807) is 31.2 Å². The summed E-state index contributed by atoms with van der Waals surface area (Å²) in [7, 11) is 0. The number of aromatic amines is 1. The van der Waals surface area contributed by atoms with Gasteiger partial charge in [-0.1, -0.05) is 59.8 Å². The number of halogens is 1. The van der Waals surface area contributed by atoms with Crippen molar-refractivity contribution in [2.45, 2.75) is 17.3 Å². The van der Waals surface area contributed by atoms with Gasteiger partial charge >= 0.3 is 0 Å². The highest BCUT2D eigenvalue weighted by Crippen LogP contribution is 2.32. The van der Waals surface area contributed by atoms with Gasteiger partial charge in [0.2, 0.25) is 5.91 Å². The lowest BCUT2D eigenvalue weighted by Gasteiger charge is -2.11. The van der Waals surface area contributed by atoms with Crippen molar-refractivity contribution in [2.75, 3.05) is 5.32 Å². The fourth-order valence-corrected chi connectivity index (χ4v) is 4.84. The molecule has 2 heterocycles. The summed E-state index contributed by atoms with van der Waals surface area (Å²) in [5.41, 5.74) is 2.25. The molecule has 146 valence electrons. The maximum absolute atomic E-state index is 12.7. The summed E-state index contributed by atoms with van der Waals surface area (Å²) >= 11 is 8.57. The number of rotatable bonds is 5. The Labute approximate surface area is 180 Å². The number of carbonyl (C=O) groups is 1. The molecule has 2 aromatic carbocycles. The number of thioether (sulfide) groups is 1. The van der Waals surface area contributed by atoms with Crippen LogP contribution in [0.15, 0.2) is 69.9 Å². The lowest BCUT2D eigenvalue weighted by atomic mass is 10.1. The number of anilines is 1. The molecule has 0 fully saturated rings. The third-order valence-corrected chi connectivity index (χ3v) is 6.35. The van der Waals surface area contributed by atoms with E-state index in [1.165, 1.54) is 23.1 Å². The van der Waals surface area contributed by atoms with Crippen LogP contribution in [0.5, 0.6) is 0 Å². The summed E-state index contributed by atoms with van der Waals surface area (Å²) in [5.74, 6) is -0.198. The minimum atomic E-state index is -0.455. The van der Waals surface area contributed by atoms with Gasteiger partial charge in [-0.15, -0.1) is 11.3 Å². The van der Waals surface area contributed by atoms with Gasteiger partial charge < -0.3 is 10.3 Å². The molecule has 0 spiro atoms. The molecule has 0 aliphatic rings. The van der Waals surface area contributed by atoms with Crippen LogP contribution in [0.2, 0.25) is 5.02 Å². The normalized spacial score (nSPS) is 12.1. The number of nitrogens with zero attached hydrogens (tertiary/aromatic N) is 1.